The van der Waals surface area contributed by atoms with Crippen LogP contribution in [0.1, 0.15) is 43.1 Å². The van der Waals surface area contributed by atoms with Crippen LogP contribution in [0.25, 0.3) is 0 Å². The molecular formula is C17H21N3O. The summed E-state index contributed by atoms with van der Waals surface area (Å²) in [5, 5.41) is 13.5. The fourth-order valence-electron chi connectivity index (χ4n) is 3.40. The van der Waals surface area contributed by atoms with E-state index >= 15 is 0 Å². The third-order valence-electron chi connectivity index (χ3n) is 4.77. The number of rotatable bonds is 5. The van der Waals surface area contributed by atoms with Crippen molar-refractivity contribution >= 4 is 0 Å². The molecule has 0 bridgehead atoms. The summed E-state index contributed by atoms with van der Waals surface area (Å²) in [6.45, 7) is 0.755. The molecule has 0 saturated heterocycles. The predicted molar refractivity (Wildman–Crippen MR) is 80.7 cm³/mol. The van der Waals surface area contributed by atoms with Crippen LogP contribution in [-0.4, -0.2) is 20.8 Å². The Bertz CT molecular complexity index is 612. The Hall–Kier alpha value is -1.65. The molecule has 0 unspecified atom stereocenters. The molecule has 21 heavy (non-hydrogen) atoms. The van der Waals surface area contributed by atoms with E-state index in [1.54, 1.807) is 0 Å². The topological polar surface area (TPSA) is 50.1 Å². The van der Waals surface area contributed by atoms with Crippen LogP contribution in [0.2, 0.25) is 0 Å². The van der Waals surface area contributed by atoms with Crippen LogP contribution in [-0.2, 0) is 12.1 Å². The minimum atomic E-state index is -0.194. The largest absolute Gasteiger partial charge is 0.393 e. The highest BCUT2D eigenvalue weighted by Crippen LogP contribution is 2.42. The Labute approximate surface area is 124 Å². The van der Waals surface area contributed by atoms with Gasteiger partial charge in [0.15, 0.2) is 0 Å². The molecule has 1 aromatic carbocycles. The monoisotopic (exact) mass is 283 g/mol. The maximum absolute atomic E-state index is 9.79. The number of hydrogen-bond donors (Lipinski definition) is 2. The summed E-state index contributed by atoms with van der Waals surface area (Å²) in [5.74, 6) is 1.11. The van der Waals surface area contributed by atoms with Crippen molar-refractivity contribution in [3.05, 3.63) is 54.1 Å². The van der Waals surface area contributed by atoms with Gasteiger partial charge in [0.05, 0.1) is 12.6 Å². The molecule has 110 valence electrons. The molecule has 2 aliphatic carbocycles. The predicted octanol–water partition coefficient (Wildman–Crippen LogP) is 2.36. The Morgan fingerprint density at radius 2 is 2.00 bits per heavy atom. The van der Waals surface area contributed by atoms with Gasteiger partial charge >= 0.3 is 0 Å². The average molecular weight is 283 g/mol. The van der Waals surface area contributed by atoms with Gasteiger partial charge in [-0.1, -0.05) is 30.3 Å². The smallest absolute Gasteiger partial charge is 0.122 e. The highest BCUT2D eigenvalue weighted by molar-refractivity contribution is 5.28. The van der Waals surface area contributed by atoms with Gasteiger partial charge in [0.1, 0.15) is 5.82 Å². The zero-order valence-electron chi connectivity index (χ0n) is 12.1. The lowest BCUT2D eigenvalue weighted by Crippen LogP contribution is -2.54. The lowest BCUT2D eigenvalue weighted by molar-refractivity contribution is -0.00261. The van der Waals surface area contributed by atoms with Crippen molar-refractivity contribution in [2.24, 2.45) is 0 Å². The molecule has 4 rings (SSSR count). The van der Waals surface area contributed by atoms with Gasteiger partial charge in [-0.2, -0.15) is 0 Å². The second-order valence-electron chi connectivity index (χ2n) is 6.35. The highest BCUT2D eigenvalue weighted by Gasteiger charge is 2.44. The summed E-state index contributed by atoms with van der Waals surface area (Å²) in [5.41, 5.74) is 1.17. The molecule has 4 heteroatoms. The number of aliphatic hydroxyl groups excluding tert-OH is 1. The van der Waals surface area contributed by atoms with Crippen molar-refractivity contribution in [1.82, 2.24) is 14.9 Å². The van der Waals surface area contributed by atoms with Gasteiger partial charge in [-0.15, -0.1) is 0 Å². The molecule has 4 nitrogen and oxygen atoms in total. The van der Waals surface area contributed by atoms with E-state index in [-0.39, 0.29) is 11.6 Å². The maximum atomic E-state index is 9.79. The van der Waals surface area contributed by atoms with Crippen LogP contribution in [0.15, 0.2) is 42.7 Å². The highest BCUT2D eigenvalue weighted by atomic mass is 16.3. The van der Waals surface area contributed by atoms with Gasteiger partial charge in [-0.05, 0) is 31.2 Å². The number of aliphatic hydroxyl groups is 1. The molecule has 2 aromatic rings. The molecule has 1 heterocycles. The summed E-state index contributed by atoms with van der Waals surface area (Å²) in [6, 6.07) is 11.1. The number of imidazole rings is 1. The van der Waals surface area contributed by atoms with E-state index in [0.717, 1.165) is 25.2 Å². The van der Waals surface area contributed by atoms with Crippen LogP contribution in [0, 0.1) is 0 Å². The van der Waals surface area contributed by atoms with Crippen molar-refractivity contribution in [3.63, 3.8) is 0 Å². The van der Waals surface area contributed by atoms with Gasteiger partial charge in [0.25, 0.3) is 0 Å². The van der Waals surface area contributed by atoms with Gasteiger partial charge in [-0.25, -0.2) is 4.98 Å². The third kappa shape index (κ3) is 2.39. The summed E-state index contributed by atoms with van der Waals surface area (Å²) >= 11 is 0. The number of nitrogens with zero attached hydrogens (tertiary/aromatic N) is 2. The van der Waals surface area contributed by atoms with Crippen LogP contribution in [0.5, 0.6) is 0 Å². The SMILES string of the molecule is OC1CC(NCc2nccn2C2CC2)(c2ccccc2)C1. The minimum absolute atomic E-state index is 0.0962. The number of nitrogens with one attached hydrogen (secondary N) is 1. The third-order valence-corrected chi connectivity index (χ3v) is 4.77. The molecule has 0 radical (unpaired) electrons. The molecule has 1 aromatic heterocycles. The van der Waals surface area contributed by atoms with Crippen molar-refractivity contribution in [2.45, 2.75) is 49.9 Å². The van der Waals surface area contributed by atoms with Crippen molar-refractivity contribution in [3.8, 4) is 0 Å². The van der Waals surface area contributed by atoms with Crippen LogP contribution in [0.4, 0.5) is 0 Å². The number of hydrogen-bond acceptors (Lipinski definition) is 3. The van der Waals surface area contributed by atoms with Gasteiger partial charge in [0, 0.05) is 24.0 Å². The molecule has 0 atom stereocenters. The first-order valence-electron chi connectivity index (χ1n) is 7.77. The fraction of sp³-hybridized carbons (Fsp3) is 0.471. The molecule has 0 amide bonds. The van der Waals surface area contributed by atoms with E-state index in [2.05, 4.69) is 45.3 Å². The van der Waals surface area contributed by atoms with E-state index in [1.807, 2.05) is 12.3 Å². The van der Waals surface area contributed by atoms with Crippen molar-refractivity contribution in [1.29, 1.82) is 0 Å². The van der Waals surface area contributed by atoms with Gasteiger partial charge < -0.3 is 15.0 Å². The van der Waals surface area contributed by atoms with Crippen molar-refractivity contribution in [2.75, 3.05) is 0 Å². The van der Waals surface area contributed by atoms with Crippen molar-refractivity contribution < 1.29 is 5.11 Å². The number of benzene rings is 1. The Balaban J connectivity index is 1.52. The van der Waals surface area contributed by atoms with Gasteiger partial charge in [-0.3, -0.25) is 0 Å². The summed E-state index contributed by atoms with van der Waals surface area (Å²) in [4.78, 5) is 4.49. The first-order chi connectivity index (χ1) is 10.3. The fourth-order valence-corrected chi connectivity index (χ4v) is 3.40. The quantitative estimate of drug-likeness (QED) is 0.885. The summed E-state index contributed by atoms with van der Waals surface area (Å²) in [6.07, 6.45) is 7.88. The second kappa shape index (κ2) is 4.97. The lowest BCUT2D eigenvalue weighted by Gasteiger charge is -2.46. The molecule has 2 N–H and O–H groups in total. The Kier molecular flexibility index (Phi) is 3.08. The first-order valence-corrected chi connectivity index (χ1v) is 7.77. The first kappa shape index (κ1) is 13.0. The Morgan fingerprint density at radius 3 is 2.67 bits per heavy atom. The average Bonchev–Trinajstić information content (AvgIpc) is 3.22. The zero-order chi connectivity index (χ0) is 14.3. The van der Waals surface area contributed by atoms with E-state index in [9.17, 15) is 5.11 Å². The lowest BCUT2D eigenvalue weighted by atomic mass is 9.69. The van der Waals surface area contributed by atoms with Crippen LogP contribution >= 0.6 is 0 Å². The van der Waals surface area contributed by atoms with Crippen LogP contribution < -0.4 is 5.32 Å². The zero-order valence-corrected chi connectivity index (χ0v) is 12.1. The molecule has 2 fully saturated rings. The standard InChI is InChI=1S/C17H21N3O/c21-15-10-17(11-15,13-4-2-1-3-5-13)19-12-16-18-8-9-20(16)14-6-7-14/h1-5,8-9,14-15,19,21H,6-7,10-12H2. The number of aromatic nitrogens is 2. The van der Waals surface area contributed by atoms with Crippen LogP contribution in [0.3, 0.4) is 0 Å². The van der Waals surface area contributed by atoms with Gasteiger partial charge in [0.2, 0.25) is 0 Å². The minimum Gasteiger partial charge on any atom is -0.393 e. The maximum Gasteiger partial charge on any atom is 0.122 e. The molecule has 0 spiro atoms. The van der Waals surface area contributed by atoms with E-state index in [4.69, 9.17) is 0 Å². The second-order valence-corrected chi connectivity index (χ2v) is 6.35. The van der Waals surface area contributed by atoms with E-state index in [1.165, 1.54) is 18.4 Å². The van der Waals surface area contributed by atoms with E-state index < -0.39 is 0 Å². The molecular weight excluding hydrogens is 262 g/mol. The molecule has 0 aliphatic heterocycles. The molecule has 2 aliphatic rings. The molecule has 2 saturated carbocycles. The summed E-state index contributed by atoms with van der Waals surface area (Å²) < 4.78 is 2.29. The summed E-state index contributed by atoms with van der Waals surface area (Å²) in [7, 11) is 0. The normalized spacial score (nSPS) is 28.3. The van der Waals surface area contributed by atoms with E-state index in [0.29, 0.717) is 6.04 Å². The Morgan fingerprint density at radius 1 is 1.24 bits per heavy atom.